The molecule has 2 aliphatic rings. The van der Waals surface area contributed by atoms with Crippen LogP contribution < -0.4 is 0 Å². The molecule has 1 fully saturated rings. The average molecular weight is 207 g/mol. The fourth-order valence-corrected chi connectivity index (χ4v) is 2.88. The highest BCUT2D eigenvalue weighted by atomic mass is 16.2. The third-order valence-corrected chi connectivity index (χ3v) is 3.70. The number of hydrogen-bond acceptors (Lipinski definition) is 1. The van der Waals surface area contributed by atoms with Crippen LogP contribution in [0.2, 0.25) is 0 Å². The average Bonchev–Trinajstić information content (AvgIpc) is 2.74. The Labute approximate surface area is 92.3 Å². The lowest BCUT2D eigenvalue weighted by atomic mass is 9.92. The minimum absolute atomic E-state index is 0.250. The second kappa shape index (κ2) is 3.36. The van der Waals surface area contributed by atoms with E-state index < -0.39 is 0 Å². The summed E-state index contributed by atoms with van der Waals surface area (Å²) in [6.45, 7) is 5.98. The molecule has 0 spiro atoms. The van der Waals surface area contributed by atoms with Crippen molar-refractivity contribution < 1.29 is 4.79 Å². The molecule has 2 rings (SSSR count). The van der Waals surface area contributed by atoms with Crippen LogP contribution in [0.25, 0.3) is 0 Å². The quantitative estimate of drug-likeness (QED) is 0.605. The van der Waals surface area contributed by atoms with Crippen LogP contribution >= 0.6 is 0 Å². The molecular formula is C13H21NO. The largest absolute Gasteiger partial charge is 0.342 e. The van der Waals surface area contributed by atoms with E-state index in [4.69, 9.17) is 0 Å². The van der Waals surface area contributed by atoms with Crippen LogP contribution in [0.4, 0.5) is 0 Å². The SMILES string of the molecule is CN(C(=O)C(C)(C)C)[C@H]1C[C@H]2C=C[C@@H]1C2. The molecule has 0 unspecified atom stereocenters. The Morgan fingerprint density at radius 1 is 1.27 bits per heavy atom. The zero-order valence-corrected chi connectivity index (χ0v) is 10.2. The van der Waals surface area contributed by atoms with Gasteiger partial charge in [-0.15, -0.1) is 0 Å². The number of rotatable bonds is 1. The molecular weight excluding hydrogens is 186 g/mol. The van der Waals surface area contributed by atoms with Gasteiger partial charge in [-0.2, -0.15) is 0 Å². The Morgan fingerprint density at radius 3 is 2.33 bits per heavy atom. The van der Waals surface area contributed by atoms with Gasteiger partial charge < -0.3 is 4.90 Å². The molecule has 0 aromatic carbocycles. The van der Waals surface area contributed by atoms with Gasteiger partial charge in [0, 0.05) is 18.5 Å². The Morgan fingerprint density at radius 2 is 1.93 bits per heavy atom. The first-order valence-corrected chi connectivity index (χ1v) is 5.85. The predicted molar refractivity (Wildman–Crippen MR) is 61.4 cm³/mol. The fraction of sp³-hybridized carbons (Fsp3) is 0.769. The third kappa shape index (κ3) is 1.82. The lowest BCUT2D eigenvalue weighted by Crippen LogP contribution is -2.44. The van der Waals surface area contributed by atoms with Crippen LogP contribution in [0.1, 0.15) is 33.6 Å². The molecule has 15 heavy (non-hydrogen) atoms. The van der Waals surface area contributed by atoms with Gasteiger partial charge in [-0.3, -0.25) is 4.79 Å². The second-order valence-corrected chi connectivity index (χ2v) is 6.01. The first kappa shape index (κ1) is 10.7. The highest BCUT2D eigenvalue weighted by molar-refractivity contribution is 5.81. The van der Waals surface area contributed by atoms with Gasteiger partial charge in [-0.25, -0.2) is 0 Å². The molecule has 1 saturated carbocycles. The van der Waals surface area contributed by atoms with Gasteiger partial charge in [-0.05, 0) is 24.7 Å². The maximum Gasteiger partial charge on any atom is 0.227 e. The monoisotopic (exact) mass is 207 g/mol. The van der Waals surface area contributed by atoms with Crippen LogP contribution in [-0.4, -0.2) is 23.9 Å². The maximum absolute atomic E-state index is 12.1. The standard InChI is InChI=1S/C13H21NO/c1-13(2,3)12(15)14(4)11-8-9-5-6-10(11)7-9/h5-6,9-11H,7-8H2,1-4H3/t9-,10+,11-/m0/s1. The van der Waals surface area contributed by atoms with Crippen molar-refractivity contribution in [1.82, 2.24) is 4.90 Å². The van der Waals surface area contributed by atoms with E-state index in [1.165, 1.54) is 12.8 Å². The predicted octanol–water partition coefficient (Wildman–Crippen LogP) is 2.46. The van der Waals surface area contributed by atoms with E-state index in [0.717, 1.165) is 5.92 Å². The van der Waals surface area contributed by atoms with Crippen LogP contribution in [0, 0.1) is 17.3 Å². The van der Waals surface area contributed by atoms with E-state index in [9.17, 15) is 4.79 Å². The van der Waals surface area contributed by atoms with Crippen LogP contribution in [-0.2, 0) is 4.79 Å². The Hall–Kier alpha value is -0.790. The Kier molecular flexibility index (Phi) is 2.40. The normalized spacial score (nSPS) is 33.5. The molecule has 1 amide bonds. The molecule has 0 aromatic heterocycles. The zero-order valence-electron chi connectivity index (χ0n) is 10.2. The van der Waals surface area contributed by atoms with Gasteiger partial charge >= 0.3 is 0 Å². The molecule has 2 aliphatic carbocycles. The minimum atomic E-state index is -0.250. The Balaban J connectivity index is 2.06. The van der Waals surface area contributed by atoms with Gasteiger partial charge in [0.25, 0.3) is 0 Å². The molecule has 0 aliphatic heterocycles. The van der Waals surface area contributed by atoms with E-state index in [2.05, 4.69) is 12.2 Å². The van der Waals surface area contributed by atoms with Crippen molar-refractivity contribution in [3.8, 4) is 0 Å². The first-order chi connectivity index (χ1) is 6.89. The topological polar surface area (TPSA) is 20.3 Å². The van der Waals surface area contributed by atoms with Crippen molar-refractivity contribution >= 4 is 5.91 Å². The number of hydrogen-bond donors (Lipinski definition) is 0. The van der Waals surface area contributed by atoms with Crippen molar-refractivity contribution in [2.45, 2.75) is 39.7 Å². The molecule has 0 radical (unpaired) electrons. The number of carbonyl (C=O) groups excluding carboxylic acids is 1. The van der Waals surface area contributed by atoms with Crippen LogP contribution in [0.5, 0.6) is 0 Å². The van der Waals surface area contributed by atoms with E-state index in [1.54, 1.807) is 0 Å². The lowest BCUT2D eigenvalue weighted by Gasteiger charge is -2.34. The number of fused-ring (bicyclic) bond motifs is 2. The molecule has 0 aromatic rings. The minimum Gasteiger partial charge on any atom is -0.342 e. The Bertz CT molecular complexity index is 300. The van der Waals surface area contributed by atoms with Crippen molar-refractivity contribution in [3.05, 3.63) is 12.2 Å². The fourth-order valence-electron chi connectivity index (χ4n) is 2.88. The van der Waals surface area contributed by atoms with Crippen molar-refractivity contribution in [2.75, 3.05) is 7.05 Å². The van der Waals surface area contributed by atoms with Gasteiger partial charge in [0.2, 0.25) is 5.91 Å². The van der Waals surface area contributed by atoms with Crippen molar-refractivity contribution in [1.29, 1.82) is 0 Å². The maximum atomic E-state index is 12.1. The van der Waals surface area contributed by atoms with E-state index in [1.807, 2.05) is 32.7 Å². The number of carbonyl (C=O) groups is 1. The van der Waals surface area contributed by atoms with Crippen LogP contribution in [0.3, 0.4) is 0 Å². The summed E-state index contributed by atoms with van der Waals surface area (Å²) in [4.78, 5) is 14.1. The molecule has 0 saturated heterocycles. The highest BCUT2D eigenvalue weighted by Crippen LogP contribution is 2.42. The number of amides is 1. The summed E-state index contributed by atoms with van der Waals surface area (Å²) in [5, 5.41) is 0. The number of nitrogens with zero attached hydrogens (tertiary/aromatic N) is 1. The highest BCUT2D eigenvalue weighted by Gasteiger charge is 2.41. The summed E-state index contributed by atoms with van der Waals surface area (Å²) in [7, 11) is 1.97. The van der Waals surface area contributed by atoms with E-state index >= 15 is 0 Å². The van der Waals surface area contributed by atoms with Gasteiger partial charge in [0.1, 0.15) is 0 Å². The van der Waals surface area contributed by atoms with Gasteiger partial charge in [0.15, 0.2) is 0 Å². The zero-order chi connectivity index (χ0) is 11.2. The summed E-state index contributed by atoms with van der Waals surface area (Å²) >= 11 is 0. The molecule has 84 valence electrons. The number of allylic oxidation sites excluding steroid dienone is 1. The summed E-state index contributed by atoms with van der Waals surface area (Å²) in [6, 6.07) is 0.451. The summed E-state index contributed by atoms with van der Waals surface area (Å²) in [5.41, 5.74) is -0.250. The van der Waals surface area contributed by atoms with Gasteiger partial charge in [0.05, 0.1) is 0 Å². The molecule has 2 nitrogen and oxygen atoms in total. The molecule has 0 N–H and O–H groups in total. The molecule has 2 heteroatoms. The van der Waals surface area contributed by atoms with Crippen LogP contribution in [0.15, 0.2) is 12.2 Å². The smallest absolute Gasteiger partial charge is 0.227 e. The summed E-state index contributed by atoms with van der Waals surface area (Å²) in [5.74, 6) is 1.62. The molecule has 3 atom stereocenters. The second-order valence-electron chi connectivity index (χ2n) is 6.01. The summed E-state index contributed by atoms with van der Waals surface area (Å²) in [6.07, 6.45) is 7.04. The summed E-state index contributed by atoms with van der Waals surface area (Å²) < 4.78 is 0. The first-order valence-electron chi connectivity index (χ1n) is 5.85. The van der Waals surface area contributed by atoms with E-state index in [0.29, 0.717) is 12.0 Å². The molecule has 0 heterocycles. The lowest BCUT2D eigenvalue weighted by molar-refractivity contribution is -0.140. The third-order valence-electron chi connectivity index (χ3n) is 3.70. The van der Waals surface area contributed by atoms with E-state index in [-0.39, 0.29) is 11.3 Å². The van der Waals surface area contributed by atoms with Gasteiger partial charge in [-0.1, -0.05) is 32.9 Å². The molecule has 2 bridgehead atoms. The van der Waals surface area contributed by atoms with Crippen molar-refractivity contribution in [2.24, 2.45) is 17.3 Å². The van der Waals surface area contributed by atoms with Crippen molar-refractivity contribution in [3.63, 3.8) is 0 Å².